The van der Waals surface area contributed by atoms with Gasteiger partial charge in [-0.15, -0.1) is 0 Å². The van der Waals surface area contributed by atoms with Crippen LogP contribution >= 0.6 is 0 Å². The minimum atomic E-state index is -4.41. The van der Waals surface area contributed by atoms with Crippen LogP contribution < -0.4 is 11.5 Å². The Balaban J connectivity index is 2.56. The molecule has 2 nitrogen and oxygen atoms in total. The topological polar surface area (TPSA) is 52.0 Å². The van der Waals surface area contributed by atoms with Gasteiger partial charge in [0.1, 0.15) is 0 Å². The van der Waals surface area contributed by atoms with Gasteiger partial charge in [-0.2, -0.15) is 13.2 Å². The number of aryl methyl sites for hydroxylation is 1. The van der Waals surface area contributed by atoms with Gasteiger partial charge in [0.25, 0.3) is 0 Å². The molecule has 0 aliphatic carbocycles. The maximum Gasteiger partial charge on any atom is 0.417 e. The molecule has 0 saturated carbocycles. The highest BCUT2D eigenvalue weighted by Crippen LogP contribution is 2.39. The van der Waals surface area contributed by atoms with E-state index in [9.17, 15) is 13.2 Å². The summed E-state index contributed by atoms with van der Waals surface area (Å²) in [5.74, 6) is 0. The molecule has 2 aromatic carbocycles. The van der Waals surface area contributed by atoms with Gasteiger partial charge < -0.3 is 11.5 Å². The van der Waals surface area contributed by atoms with Gasteiger partial charge in [-0.05, 0) is 47.7 Å². The van der Waals surface area contributed by atoms with Crippen molar-refractivity contribution >= 4 is 11.4 Å². The van der Waals surface area contributed by atoms with Crippen LogP contribution in [0.1, 0.15) is 30.9 Å². The zero-order chi connectivity index (χ0) is 16.3. The Bertz CT molecular complexity index is 663. The summed E-state index contributed by atoms with van der Waals surface area (Å²) in [7, 11) is 0. The van der Waals surface area contributed by atoms with E-state index in [1.165, 1.54) is 18.2 Å². The monoisotopic (exact) mass is 308 g/mol. The summed E-state index contributed by atoms with van der Waals surface area (Å²) >= 11 is 0. The van der Waals surface area contributed by atoms with Gasteiger partial charge in [0.15, 0.2) is 0 Å². The number of benzene rings is 2. The van der Waals surface area contributed by atoms with Gasteiger partial charge in [-0.1, -0.05) is 31.5 Å². The van der Waals surface area contributed by atoms with Crippen molar-refractivity contribution in [2.75, 3.05) is 11.5 Å². The summed E-state index contributed by atoms with van der Waals surface area (Å²) in [6.45, 7) is 2.04. The second-order valence-corrected chi connectivity index (χ2v) is 5.29. The molecule has 0 aromatic heterocycles. The number of hydrogen-bond acceptors (Lipinski definition) is 2. The molecule has 5 heteroatoms. The van der Waals surface area contributed by atoms with E-state index in [-0.39, 0.29) is 5.56 Å². The first kappa shape index (κ1) is 16.2. The molecule has 0 atom stereocenters. The van der Waals surface area contributed by atoms with Crippen molar-refractivity contribution in [2.24, 2.45) is 0 Å². The summed E-state index contributed by atoms with van der Waals surface area (Å²) in [5, 5.41) is 0. The molecular formula is C17H19F3N2. The zero-order valence-electron chi connectivity index (χ0n) is 12.4. The fraction of sp³-hybridized carbons (Fsp3) is 0.294. The fourth-order valence-corrected chi connectivity index (χ4v) is 2.45. The largest absolute Gasteiger partial charge is 0.417 e. The Hall–Kier alpha value is -2.17. The molecule has 0 heterocycles. The van der Waals surface area contributed by atoms with E-state index in [2.05, 4.69) is 0 Å². The van der Waals surface area contributed by atoms with Gasteiger partial charge in [-0.3, -0.25) is 0 Å². The first-order chi connectivity index (χ1) is 10.3. The number of unbranched alkanes of at least 4 members (excludes halogenated alkanes) is 1. The first-order valence-corrected chi connectivity index (χ1v) is 7.19. The van der Waals surface area contributed by atoms with E-state index in [4.69, 9.17) is 11.5 Å². The average Bonchev–Trinajstić information content (AvgIpc) is 2.47. The predicted molar refractivity (Wildman–Crippen MR) is 84.3 cm³/mol. The van der Waals surface area contributed by atoms with E-state index >= 15 is 0 Å². The first-order valence-electron chi connectivity index (χ1n) is 7.19. The Morgan fingerprint density at radius 2 is 1.73 bits per heavy atom. The average molecular weight is 308 g/mol. The number of anilines is 2. The molecule has 4 N–H and O–H groups in total. The third-order valence-electron chi connectivity index (χ3n) is 3.64. The molecule has 118 valence electrons. The molecule has 0 fully saturated rings. The van der Waals surface area contributed by atoms with E-state index < -0.39 is 11.7 Å². The molecule has 0 amide bonds. The van der Waals surface area contributed by atoms with E-state index in [0.717, 1.165) is 24.5 Å². The van der Waals surface area contributed by atoms with Crippen molar-refractivity contribution in [3.63, 3.8) is 0 Å². The van der Waals surface area contributed by atoms with Gasteiger partial charge >= 0.3 is 6.18 Å². The molecule has 0 unspecified atom stereocenters. The number of hydrogen-bond donors (Lipinski definition) is 2. The van der Waals surface area contributed by atoms with Crippen LogP contribution in [0.4, 0.5) is 24.5 Å². The van der Waals surface area contributed by atoms with Crippen LogP contribution in [0.5, 0.6) is 0 Å². The number of nitrogens with two attached hydrogens (primary N) is 2. The van der Waals surface area contributed by atoms with E-state index in [1.54, 1.807) is 12.1 Å². The van der Waals surface area contributed by atoms with E-state index in [1.807, 2.05) is 6.92 Å². The molecular weight excluding hydrogens is 289 g/mol. The van der Waals surface area contributed by atoms with Gasteiger partial charge in [-0.25, -0.2) is 0 Å². The lowest BCUT2D eigenvalue weighted by atomic mass is 9.94. The van der Waals surface area contributed by atoms with Crippen molar-refractivity contribution in [3.05, 3.63) is 47.5 Å². The second-order valence-electron chi connectivity index (χ2n) is 5.29. The Morgan fingerprint density at radius 1 is 1.05 bits per heavy atom. The van der Waals surface area contributed by atoms with Gasteiger partial charge in [0, 0.05) is 0 Å². The molecule has 0 bridgehead atoms. The molecule has 0 aliphatic rings. The van der Waals surface area contributed by atoms with Crippen molar-refractivity contribution in [1.29, 1.82) is 0 Å². The van der Waals surface area contributed by atoms with Crippen molar-refractivity contribution in [3.8, 4) is 11.1 Å². The third-order valence-corrected chi connectivity index (χ3v) is 3.64. The molecule has 0 saturated heterocycles. The van der Waals surface area contributed by atoms with Gasteiger partial charge in [0.05, 0.1) is 16.9 Å². The smallest absolute Gasteiger partial charge is 0.397 e. The minimum absolute atomic E-state index is 0.124. The molecule has 0 spiro atoms. The van der Waals surface area contributed by atoms with Crippen LogP contribution in [-0.4, -0.2) is 0 Å². The highest BCUT2D eigenvalue weighted by atomic mass is 19.4. The highest BCUT2D eigenvalue weighted by Gasteiger charge is 2.33. The summed E-state index contributed by atoms with van der Waals surface area (Å²) in [4.78, 5) is 0. The van der Waals surface area contributed by atoms with Crippen LogP contribution in [-0.2, 0) is 12.6 Å². The van der Waals surface area contributed by atoms with Crippen molar-refractivity contribution in [2.45, 2.75) is 32.4 Å². The molecule has 22 heavy (non-hydrogen) atoms. The van der Waals surface area contributed by atoms with E-state index in [0.29, 0.717) is 23.4 Å². The number of alkyl halides is 3. The lowest BCUT2D eigenvalue weighted by Gasteiger charge is -2.16. The maximum absolute atomic E-state index is 13.2. The molecule has 2 rings (SSSR count). The van der Waals surface area contributed by atoms with Crippen LogP contribution in [0.2, 0.25) is 0 Å². The second kappa shape index (κ2) is 6.30. The number of nitrogen functional groups attached to an aromatic ring is 2. The Kier molecular flexibility index (Phi) is 4.64. The van der Waals surface area contributed by atoms with Crippen LogP contribution in [0.15, 0.2) is 36.4 Å². The summed E-state index contributed by atoms with van der Waals surface area (Å²) < 4.78 is 39.5. The summed E-state index contributed by atoms with van der Waals surface area (Å²) in [6.07, 6.45) is -1.82. The number of halogens is 3. The zero-order valence-corrected chi connectivity index (χ0v) is 12.4. The standard InChI is InChI=1S/C17H19F3N2/c1-2-3-6-11-9-12(10-15(21)16(11)22)13-7-4-5-8-14(13)17(18,19)20/h4-5,7-10H,2-3,6,21-22H2,1H3. The lowest BCUT2D eigenvalue weighted by Crippen LogP contribution is -2.08. The van der Waals surface area contributed by atoms with Crippen molar-refractivity contribution in [1.82, 2.24) is 0 Å². The molecule has 2 aromatic rings. The Morgan fingerprint density at radius 3 is 2.36 bits per heavy atom. The van der Waals surface area contributed by atoms with Crippen molar-refractivity contribution < 1.29 is 13.2 Å². The van der Waals surface area contributed by atoms with Gasteiger partial charge in [0.2, 0.25) is 0 Å². The molecule has 0 aliphatic heterocycles. The maximum atomic E-state index is 13.2. The summed E-state index contributed by atoms with van der Waals surface area (Å²) in [5.41, 5.74) is 13.3. The molecule has 0 radical (unpaired) electrons. The van der Waals surface area contributed by atoms with Crippen LogP contribution in [0, 0.1) is 0 Å². The third kappa shape index (κ3) is 3.35. The quantitative estimate of drug-likeness (QED) is 0.791. The summed E-state index contributed by atoms with van der Waals surface area (Å²) in [6, 6.07) is 8.72. The highest BCUT2D eigenvalue weighted by molar-refractivity contribution is 5.79. The SMILES string of the molecule is CCCCc1cc(-c2ccccc2C(F)(F)F)cc(N)c1N. The van der Waals surface area contributed by atoms with Crippen LogP contribution in [0.3, 0.4) is 0 Å². The lowest BCUT2D eigenvalue weighted by molar-refractivity contribution is -0.137. The minimum Gasteiger partial charge on any atom is -0.397 e. The van der Waals surface area contributed by atoms with Crippen LogP contribution in [0.25, 0.3) is 11.1 Å². The Labute approximate surface area is 127 Å². The predicted octanol–water partition coefficient (Wildman–Crippen LogP) is 4.88. The fourth-order valence-electron chi connectivity index (χ4n) is 2.45. The number of rotatable bonds is 4. The normalized spacial score (nSPS) is 11.6.